The van der Waals surface area contributed by atoms with Gasteiger partial charge in [-0.3, -0.25) is 0 Å². The third-order valence-corrected chi connectivity index (χ3v) is 9.05. The highest BCUT2D eigenvalue weighted by molar-refractivity contribution is 4.82. The fourth-order valence-corrected chi connectivity index (χ4v) is 7.15. The first-order valence-electron chi connectivity index (χ1n) is 13.5. The van der Waals surface area contributed by atoms with E-state index in [1.807, 2.05) is 0 Å². The second-order valence-electron chi connectivity index (χ2n) is 11.5. The lowest BCUT2D eigenvalue weighted by Gasteiger charge is -2.29. The monoisotopic (exact) mass is 390 g/mol. The molecule has 8 atom stereocenters. The Morgan fingerprint density at radius 3 is 2.04 bits per heavy atom. The predicted octanol–water partition coefficient (Wildman–Crippen LogP) is 9.52. The largest absolute Gasteiger partial charge is 0.0654 e. The van der Waals surface area contributed by atoms with E-state index in [0.29, 0.717) is 0 Å². The summed E-state index contributed by atoms with van der Waals surface area (Å²) in [6, 6.07) is 0. The van der Waals surface area contributed by atoms with E-state index in [-0.39, 0.29) is 0 Å². The zero-order valence-electron chi connectivity index (χ0n) is 20.5. The second-order valence-corrected chi connectivity index (χ2v) is 11.5. The summed E-state index contributed by atoms with van der Waals surface area (Å²) in [5.74, 6) is 7.98. The molecule has 0 heteroatoms. The van der Waals surface area contributed by atoms with Gasteiger partial charge >= 0.3 is 0 Å². The smallest absolute Gasteiger partial charge is 0.0383 e. The topological polar surface area (TPSA) is 0 Å². The van der Waals surface area contributed by atoms with Gasteiger partial charge in [-0.25, -0.2) is 0 Å². The van der Waals surface area contributed by atoms with Crippen LogP contribution in [0.3, 0.4) is 0 Å². The molecule has 2 aliphatic rings. The van der Waals surface area contributed by atoms with E-state index in [4.69, 9.17) is 0 Å². The fourth-order valence-electron chi connectivity index (χ4n) is 7.15. The highest BCUT2D eigenvalue weighted by Crippen LogP contribution is 2.42. The lowest BCUT2D eigenvalue weighted by Crippen LogP contribution is -2.17. The van der Waals surface area contributed by atoms with Gasteiger partial charge in [0.15, 0.2) is 0 Å². The van der Waals surface area contributed by atoms with E-state index in [1.54, 1.807) is 0 Å². The maximum atomic E-state index is 2.56. The molecule has 0 heterocycles. The Bertz CT molecular complexity index is 399. The van der Waals surface area contributed by atoms with Crippen LogP contribution >= 0.6 is 0 Å². The van der Waals surface area contributed by atoms with Crippen LogP contribution in [0.15, 0.2) is 0 Å². The molecule has 0 spiro atoms. The Morgan fingerprint density at radius 2 is 1.43 bits per heavy atom. The molecule has 0 aliphatic heterocycles. The Balaban J connectivity index is 1.83. The van der Waals surface area contributed by atoms with Gasteiger partial charge in [0.1, 0.15) is 0 Å². The van der Waals surface area contributed by atoms with Crippen molar-refractivity contribution in [2.45, 2.75) is 131 Å². The van der Waals surface area contributed by atoms with Crippen LogP contribution in [0.25, 0.3) is 0 Å². The van der Waals surface area contributed by atoms with Crippen LogP contribution in [0.5, 0.6) is 0 Å². The molecule has 6 unspecified atom stereocenters. The van der Waals surface area contributed by atoms with Crippen molar-refractivity contribution in [3.63, 3.8) is 0 Å². The van der Waals surface area contributed by atoms with Crippen molar-refractivity contribution in [1.29, 1.82) is 0 Å². The van der Waals surface area contributed by atoms with Crippen molar-refractivity contribution in [2.24, 2.45) is 47.3 Å². The Morgan fingerprint density at radius 1 is 0.714 bits per heavy atom. The quantitative estimate of drug-likeness (QED) is 0.308. The molecule has 0 radical (unpaired) electrons. The minimum absolute atomic E-state index is 0.949. The minimum atomic E-state index is 0.949. The first kappa shape index (κ1) is 24.3. The molecule has 0 bridgehead atoms. The summed E-state index contributed by atoms with van der Waals surface area (Å²) in [5, 5.41) is 0. The third kappa shape index (κ3) is 7.68. The highest BCUT2D eigenvalue weighted by atomic mass is 14.4. The van der Waals surface area contributed by atoms with Gasteiger partial charge in [-0.1, -0.05) is 86.5 Å². The summed E-state index contributed by atoms with van der Waals surface area (Å²) >= 11 is 0. The molecule has 0 amide bonds. The fraction of sp³-hybridized carbons (Fsp3) is 1.00. The first-order chi connectivity index (χ1) is 13.5. The van der Waals surface area contributed by atoms with Gasteiger partial charge < -0.3 is 0 Å². The summed E-state index contributed by atoms with van der Waals surface area (Å²) < 4.78 is 0. The normalized spacial score (nSPS) is 34.7. The average molecular weight is 391 g/mol. The van der Waals surface area contributed by atoms with Gasteiger partial charge in [0.25, 0.3) is 0 Å². The third-order valence-electron chi connectivity index (χ3n) is 9.05. The van der Waals surface area contributed by atoms with Crippen LogP contribution in [-0.4, -0.2) is 0 Å². The van der Waals surface area contributed by atoms with Crippen molar-refractivity contribution in [3.8, 4) is 0 Å². The molecule has 0 N–H and O–H groups in total. The predicted molar refractivity (Wildman–Crippen MR) is 127 cm³/mol. The molecule has 2 aliphatic carbocycles. The standard InChI is InChI=1S/C28H54/c1-7-10-23(6)27-15-16-28(19-22(5)18-27)26(9-3)14-13-24(8-2)20-25-12-11-21(4)17-25/h21-28H,7-20H2,1-6H3/t21-,22+,23?,24?,25?,26?,27?,28?/m0/s1. The summed E-state index contributed by atoms with van der Waals surface area (Å²) in [7, 11) is 0. The molecule has 0 aromatic heterocycles. The molecule has 166 valence electrons. The van der Waals surface area contributed by atoms with E-state index in [2.05, 4.69) is 41.5 Å². The Kier molecular flexibility index (Phi) is 11.0. The molecule has 0 aromatic carbocycles. The minimum Gasteiger partial charge on any atom is -0.0654 e. The van der Waals surface area contributed by atoms with E-state index in [0.717, 1.165) is 47.3 Å². The van der Waals surface area contributed by atoms with Crippen LogP contribution in [-0.2, 0) is 0 Å². The van der Waals surface area contributed by atoms with Crippen molar-refractivity contribution in [1.82, 2.24) is 0 Å². The summed E-state index contributed by atoms with van der Waals surface area (Å²) in [5.41, 5.74) is 0. The second kappa shape index (κ2) is 12.6. The molecule has 28 heavy (non-hydrogen) atoms. The Labute approximate surface area is 179 Å². The van der Waals surface area contributed by atoms with Crippen molar-refractivity contribution in [2.75, 3.05) is 0 Å². The van der Waals surface area contributed by atoms with E-state index in [1.165, 1.54) is 89.9 Å². The molecule has 2 saturated carbocycles. The van der Waals surface area contributed by atoms with Crippen LogP contribution in [0, 0.1) is 47.3 Å². The van der Waals surface area contributed by atoms with Gasteiger partial charge in [0.05, 0.1) is 0 Å². The summed E-state index contributed by atoms with van der Waals surface area (Å²) in [6.45, 7) is 14.9. The van der Waals surface area contributed by atoms with E-state index in [9.17, 15) is 0 Å². The lowest BCUT2D eigenvalue weighted by molar-refractivity contribution is 0.224. The zero-order valence-corrected chi connectivity index (χ0v) is 20.5. The van der Waals surface area contributed by atoms with Crippen molar-refractivity contribution in [3.05, 3.63) is 0 Å². The van der Waals surface area contributed by atoms with Crippen molar-refractivity contribution >= 4 is 0 Å². The van der Waals surface area contributed by atoms with Gasteiger partial charge in [0.2, 0.25) is 0 Å². The summed E-state index contributed by atoms with van der Waals surface area (Å²) in [4.78, 5) is 0. The van der Waals surface area contributed by atoms with Crippen LogP contribution in [0.1, 0.15) is 131 Å². The molecule has 0 saturated heterocycles. The van der Waals surface area contributed by atoms with Crippen LogP contribution in [0.4, 0.5) is 0 Å². The van der Waals surface area contributed by atoms with Gasteiger partial charge in [-0.15, -0.1) is 0 Å². The molecule has 0 nitrogen and oxygen atoms in total. The van der Waals surface area contributed by atoms with Crippen molar-refractivity contribution < 1.29 is 0 Å². The highest BCUT2D eigenvalue weighted by Gasteiger charge is 2.30. The molecule has 0 aromatic rings. The van der Waals surface area contributed by atoms with Crippen LogP contribution < -0.4 is 0 Å². The maximum Gasteiger partial charge on any atom is -0.0383 e. The molecule has 2 fully saturated rings. The van der Waals surface area contributed by atoms with Gasteiger partial charge in [0, 0.05) is 0 Å². The summed E-state index contributed by atoms with van der Waals surface area (Å²) in [6.07, 6.45) is 20.8. The Hall–Kier alpha value is 0. The SMILES string of the molecule is CCCC(C)C1CCC(C(CC)CCC(CC)CC2CC[C@H](C)C2)C[C@H](C)C1. The maximum absolute atomic E-state index is 2.56. The first-order valence-corrected chi connectivity index (χ1v) is 13.5. The molecular formula is C28H54. The number of hydrogen-bond donors (Lipinski definition) is 0. The lowest BCUT2D eigenvalue weighted by atomic mass is 9.77. The zero-order chi connectivity index (χ0) is 20.5. The molecule has 2 rings (SSSR count). The van der Waals surface area contributed by atoms with E-state index < -0.39 is 0 Å². The van der Waals surface area contributed by atoms with Crippen LogP contribution in [0.2, 0.25) is 0 Å². The molecular weight excluding hydrogens is 336 g/mol. The van der Waals surface area contributed by atoms with Gasteiger partial charge in [-0.05, 0) is 92.3 Å². The number of hydrogen-bond acceptors (Lipinski definition) is 0. The number of rotatable bonds is 11. The van der Waals surface area contributed by atoms with E-state index >= 15 is 0 Å². The average Bonchev–Trinajstić information content (AvgIpc) is 2.97. The van der Waals surface area contributed by atoms with Gasteiger partial charge in [-0.2, -0.15) is 0 Å².